The van der Waals surface area contributed by atoms with Crippen LogP contribution in [-0.4, -0.2) is 12.1 Å². The monoisotopic (exact) mass is 309 g/mol. The molecule has 0 saturated heterocycles. The molecule has 0 aliphatic carbocycles. The van der Waals surface area contributed by atoms with Gasteiger partial charge in [0.1, 0.15) is 23.2 Å². The van der Waals surface area contributed by atoms with Crippen molar-refractivity contribution in [2.45, 2.75) is 33.6 Å². The molecule has 0 radical (unpaired) electrons. The molecule has 2 N–H and O–H groups in total. The highest BCUT2D eigenvalue weighted by Crippen LogP contribution is 2.37. The van der Waals surface area contributed by atoms with Crippen LogP contribution in [0.1, 0.15) is 37.1 Å². The van der Waals surface area contributed by atoms with E-state index >= 15 is 0 Å². The van der Waals surface area contributed by atoms with Crippen molar-refractivity contribution in [2.75, 3.05) is 12.8 Å². The quantitative estimate of drug-likeness (QED) is 0.902. The maximum Gasteiger partial charge on any atom is 0.142 e. The Hall–Kier alpha value is -2.54. The first-order valence-electron chi connectivity index (χ1n) is 7.85. The standard InChI is InChI=1S/C19H23N3O/c1-5-12(2)10-16-13(3)18(15(11-20)19(21)22-16)14-8-6-7-9-17(14)23-4/h6-9,12H,5,10H2,1-4H3,(H2,21,22). The first-order chi connectivity index (χ1) is 11.0. The molecule has 0 spiro atoms. The van der Waals surface area contributed by atoms with Gasteiger partial charge in [0, 0.05) is 16.8 Å². The zero-order chi connectivity index (χ0) is 17.0. The summed E-state index contributed by atoms with van der Waals surface area (Å²) >= 11 is 0. The number of pyridine rings is 1. The second kappa shape index (κ2) is 7.15. The summed E-state index contributed by atoms with van der Waals surface area (Å²) in [7, 11) is 1.63. The first kappa shape index (κ1) is 16.8. The second-order valence-corrected chi connectivity index (χ2v) is 5.85. The minimum Gasteiger partial charge on any atom is -0.496 e. The van der Waals surface area contributed by atoms with Crippen LogP contribution in [0, 0.1) is 24.2 Å². The predicted molar refractivity (Wildman–Crippen MR) is 93.2 cm³/mol. The van der Waals surface area contributed by atoms with E-state index in [1.54, 1.807) is 7.11 Å². The molecule has 120 valence electrons. The van der Waals surface area contributed by atoms with E-state index in [-0.39, 0.29) is 5.82 Å². The lowest BCUT2D eigenvalue weighted by molar-refractivity contribution is 0.416. The van der Waals surface area contributed by atoms with Gasteiger partial charge in [0.05, 0.1) is 7.11 Å². The van der Waals surface area contributed by atoms with E-state index in [9.17, 15) is 5.26 Å². The van der Waals surface area contributed by atoms with Gasteiger partial charge in [-0.3, -0.25) is 0 Å². The highest BCUT2D eigenvalue weighted by atomic mass is 16.5. The van der Waals surface area contributed by atoms with Gasteiger partial charge in [-0.05, 0) is 30.9 Å². The zero-order valence-corrected chi connectivity index (χ0v) is 14.2. The summed E-state index contributed by atoms with van der Waals surface area (Å²) in [4.78, 5) is 4.49. The lowest BCUT2D eigenvalue weighted by Crippen LogP contribution is -2.09. The average Bonchev–Trinajstić information content (AvgIpc) is 2.57. The largest absolute Gasteiger partial charge is 0.496 e. The van der Waals surface area contributed by atoms with Gasteiger partial charge in [-0.1, -0.05) is 38.5 Å². The molecule has 1 heterocycles. The molecular weight excluding hydrogens is 286 g/mol. The Bertz CT molecular complexity index is 747. The fraction of sp³-hybridized carbons (Fsp3) is 0.368. The SMILES string of the molecule is CCC(C)Cc1nc(N)c(C#N)c(-c2ccccc2OC)c1C. The van der Waals surface area contributed by atoms with Gasteiger partial charge in [-0.15, -0.1) is 0 Å². The van der Waals surface area contributed by atoms with Crippen molar-refractivity contribution in [1.82, 2.24) is 4.98 Å². The molecule has 1 unspecified atom stereocenters. The molecule has 4 heteroatoms. The second-order valence-electron chi connectivity index (χ2n) is 5.85. The Labute approximate surface area is 137 Å². The Morgan fingerprint density at radius 2 is 2.04 bits per heavy atom. The molecule has 2 aromatic rings. The number of hydrogen-bond donors (Lipinski definition) is 1. The Morgan fingerprint density at radius 3 is 2.65 bits per heavy atom. The highest BCUT2D eigenvalue weighted by molar-refractivity contribution is 5.82. The Kier molecular flexibility index (Phi) is 5.23. The molecular formula is C19H23N3O. The number of nitriles is 1. The van der Waals surface area contributed by atoms with Crippen LogP contribution in [0.2, 0.25) is 0 Å². The van der Waals surface area contributed by atoms with Gasteiger partial charge in [0.25, 0.3) is 0 Å². The number of para-hydroxylation sites is 1. The molecule has 0 bridgehead atoms. The van der Waals surface area contributed by atoms with Crippen LogP contribution in [0.15, 0.2) is 24.3 Å². The minimum absolute atomic E-state index is 0.289. The lowest BCUT2D eigenvalue weighted by Gasteiger charge is -2.18. The van der Waals surface area contributed by atoms with Crippen molar-refractivity contribution in [1.29, 1.82) is 5.26 Å². The number of anilines is 1. The molecule has 0 aliphatic heterocycles. The van der Waals surface area contributed by atoms with Gasteiger partial charge >= 0.3 is 0 Å². The van der Waals surface area contributed by atoms with Crippen LogP contribution in [0.5, 0.6) is 5.75 Å². The van der Waals surface area contributed by atoms with Crippen LogP contribution in [-0.2, 0) is 6.42 Å². The van der Waals surface area contributed by atoms with Crippen LogP contribution in [0.3, 0.4) is 0 Å². The number of nitrogens with zero attached hydrogens (tertiary/aromatic N) is 2. The Balaban J connectivity index is 2.73. The maximum atomic E-state index is 9.56. The number of benzene rings is 1. The predicted octanol–water partition coefficient (Wildman–Crippen LogP) is 4.11. The summed E-state index contributed by atoms with van der Waals surface area (Å²) < 4.78 is 5.47. The first-order valence-corrected chi connectivity index (χ1v) is 7.85. The zero-order valence-electron chi connectivity index (χ0n) is 14.2. The smallest absolute Gasteiger partial charge is 0.142 e. The van der Waals surface area contributed by atoms with Gasteiger partial charge in [0.2, 0.25) is 0 Å². The molecule has 0 aliphatic rings. The number of nitrogens with two attached hydrogens (primary N) is 1. The lowest BCUT2D eigenvalue weighted by atomic mass is 9.91. The minimum atomic E-state index is 0.289. The van der Waals surface area contributed by atoms with Crippen molar-refractivity contribution < 1.29 is 4.74 Å². The Morgan fingerprint density at radius 1 is 1.35 bits per heavy atom. The molecule has 1 aromatic carbocycles. The third-order valence-corrected chi connectivity index (χ3v) is 4.30. The van der Waals surface area contributed by atoms with E-state index in [1.165, 1.54) is 0 Å². The number of methoxy groups -OCH3 is 1. The van der Waals surface area contributed by atoms with Crippen LogP contribution < -0.4 is 10.5 Å². The van der Waals surface area contributed by atoms with Crippen molar-refractivity contribution in [3.63, 3.8) is 0 Å². The fourth-order valence-corrected chi connectivity index (χ4v) is 2.72. The molecule has 1 aromatic heterocycles. The van der Waals surface area contributed by atoms with Crippen LogP contribution in [0.4, 0.5) is 5.82 Å². The summed E-state index contributed by atoms with van der Waals surface area (Å²) in [6, 6.07) is 9.89. The van der Waals surface area contributed by atoms with Gasteiger partial charge in [-0.25, -0.2) is 4.98 Å². The maximum absolute atomic E-state index is 9.56. The third kappa shape index (κ3) is 3.29. The number of ether oxygens (including phenoxy) is 1. The third-order valence-electron chi connectivity index (χ3n) is 4.30. The van der Waals surface area contributed by atoms with Crippen molar-refractivity contribution in [3.8, 4) is 22.9 Å². The van der Waals surface area contributed by atoms with Crippen molar-refractivity contribution in [3.05, 3.63) is 41.1 Å². The topological polar surface area (TPSA) is 71.9 Å². The van der Waals surface area contributed by atoms with Crippen molar-refractivity contribution >= 4 is 5.82 Å². The van der Waals surface area contributed by atoms with E-state index in [0.29, 0.717) is 11.5 Å². The summed E-state index contributed by atoms with van der Waals surface area (Å²) in [6.07, 6.45) is 1.92. The molecule has 0 fully saturated rings. The normalized spacial score (nSPS) is 11.8. The molecule has 2 rings (SSSR count). The summed E-state index contributed by atoms with van der Waals surface area (Å²) in [5.41, 5.74) is 10.2. The van der Waals surface area contributed by atoms with E-state index in [1.807, 2.05) is 31.2 Å². The van der Waals surface area contributed by atoms with Crippen LogP contribution >= 0.6 is 0 Å². The van der Waals surface area contributed by atoms with E-state index in [2.05, 4.69) is 24.9 Å². The highest BCUT2D eigenvalue weighted by Gasteiger charge is 2.20. The number of hydrogen-bond acceptors (Lipinski definition) is 4. The molecule has 4 nitrogen and oxygen atoms in total. The van der Waals surface area contributed by atoms with Gasteiger partial charge < -0.3 is 10.5 Å². The van der Waals surface area contributed by atoms with Crippen molar-refractivity contribution in [2.24, 2.45) is 5.92 Å². The van der Waals surface area contributed by atoms with E-state index in [0.717, 1.165) is 41.0 Å². The number of nitrogen functional groups attached to an aromatic ring is 1. The number of aromatic nitrogens is 1. The summed E-state index contributed by atoms with van der Waals surface area (Å²) in [5.74, 6) is 1.53. The van der Waals surface area contributed by atoms with E-state index < -0.39 is 0 Å². The molecule has 23 heavy (non-hydrogen) atoms. The van der Waals surface area contributed by atoms with E-state index in [4.69, 9.17) is 10.5 Å². The van der Waals surface area contributed by atoms with Gasteiger partial charge in [-0.2, -0.15) is 5.26 Å². The summed E-state index contributed by atoms with van der Waals surface area (Å²) in [5, 5.41) is 9.56. The van der Waals surface area contributed by atoms with Crippen LogP contribution in [0.25, 0.3) is 11.1 Å². The number of rotatable bonds is 5. The fourth-order valence-electron chi connectivity index (χ4n) is 2.72. The molecule has 1 atom stereocenters. The average molecular weight is 309 g/mol. The van der Waals surface area contributed by atoms with Gasteiger partial charge in [0.15, 0.2) is 0 Å². The molecule has 0 amide bonds. The molecule has 0 saturated carbocycles. The summed E-state index contributed by atoms with van der Waals surface area (Å²) in [6.45, 7) is 6.36.